The minimum absolute atomic E-state index is 0.0462. The first-order valence-corrected chi connectivity index (χ1v) is 9.08. The molecule has 0 saturated carbocycles. The van der Waals surface area contributed by atoms with Crippen molar-refractivity contribution in [1.29, 1.82) is 0 Å². The third-order valence-electron chi connectivity index (χ3n) is 4.89. The molecule has 25 heavy (non-hydrogen) atoms. The molecule has 1 aromatic heterocycles. The van der Waals surface area contributed by atoms with Crippen molar-refractivity contribution in [2.24, 2.45) is 0 Å². The standard InChI is InChI=1S/C20H27N3O2/c1-5-23-19(12-18(22-23)13(2)3)20(24)21-17-8-6-7-14-11-15(25-4)9-10-16(14)17/h9-13,17H,5-8H2,1-4H3,(H,21,24). The second-order valence-electron chi connectivity index (χ2n) is 6.91. The molecule has 0 radical (unpaired) electrons. The van der Waals surface area contributed by atoms with Gasteiger partial charge in [-0.15, -0.1) is 0 Å². The van der Waals surface area contributed by atoms with Gasteiger partial charge in [0.05, 0.1) is 18.8 Å². The predicted molar refractivity (Wildman–Crippen MR) is 98.1 cm³/mol. The molecule has 0 fully saturated rings. The number of amides is 1. The van der Waals surface area contributed by atoms with Gasteiger partial charge in [0.1, 0.15) is 11.4 Å². The van der Waals surface area contributed by atoms with Gasteiger partial charge in [0, 0.05) is 6.54 Å². The monoisotopic (exact) mass is 341 g/mol. The average molecular weight is 341 g/mol. The topological polar surface area (TPSA) is 56.2 Å². The highest BCUT2D eigenvalue weighted by molar-refractivity contribution is 5.93. The Hall–Kier alpha value is -2.30. The molecule has 1 unspecified atom stereocenters. The lowest BCUT2D eigenvalue weighted by molar-refractivity contribution is 0.0922. The summed E-state index contributed by atoms with van der Waals surface area (Å²) in [7, 11) is 1.68. The van der Waals surface area contributed by atoms with Gasteiger partial charge in [0.25, 0.3) is 5.91 Å². The highest BCUT2D eigenvalue weighted by Crippen LogP contribution is 2.32. The van der Waals surface area contributed by atoms with Crippen LogP contribution in [0.15, 0.2) is 24.3 Å². The number of carbonyl (C=O) groups excluding carboxylic acids is 1. The molecule has 1 aromatic carbocycles. The van der Waals surface area contributed by atoms with E-state index in [2.05, 4.69) is 36.4 Å². The van der Waals surface area contributed by atoms with E-state index in [1.54, 1.807) is 11.8 Å². The minimum atomic E-state index is -0.0464. The van der Waals surface area contributed by atoms with E-state index in [9.17, 15) is 4.79 Å². The molecule has 0 spiro atoms. The van der Waals surface area contributed by atoms with E-state index in [1.165, 1.54) is 11.1 Å². The van der Waals surface area contributed by atoms with Crippen LogP contribution in [0, 0.1) is 0 Å². The molecule has 5 nitrogen and oxygen atoms in total. The van der Waals surface area contributed by atoms with E-state index in [4.69, 9.17) is 4.74 Å². The minimum Gasteiger partial charge on any atom is -0.497 e. The van der Waals surface area contributed by atoms with Crippen LogP contribution < -0.4 is 10.1 Å². The van der Waals surface area contributed by atoms with Gasteiger partial charge >= 0.3 is 0 Å². The molecule has 1 aliphatic carbocycles. The van der Waals surface area contributed by atoms with Crippen molar-refractivity contribution in [3.05, 3.63) is 46.8 Å². The number of nitrogens with one attached hydrogen (secondary N) is 1. The van der Waals surface area contributed by atoms with Gasteiger partial charge in [-0.25, -0.2) is 0 Å². The summed E-state index contributed by atoms with van der Waals surface area (Å²) in [5, 5.41) is 7.76. The molecule has 1 amide bonds. The van der Waals surface area contributed by atoms with Gasteiger partial charge in [0.15, 0.2) is 0 Å². The van der Waals surface area contributed by atoms with Crippen LogP contribution in [0.2, 0.25) is 0 Å². The Morgan fingerprint density at radius 3 is 2.88 bits per heavy atom. The van der Waals surface area contributed by atoms with Crippen molar-refractivity contribution < 1.29 is 9.53 Å². The lowest BCUT2D eigenvalue weighted by atomic mass is 9.87. The quantitative estimate of drug-likeness (QED) is 0.899. The summed E-state index contributed by atoms with van der Waals surface area (Å²) in [5.41, 5.74) is 4.07. The van der Waals surface area contributed by atoms with Crippen LogP contribution in [-0.2, 0) is 13.0 Å². The first kappa shape index (κ1) is 17.5. The second-order valence-corrected chi connectivity index (χ2v) is 6.91. The fourth-order valence-corrected chi connectivity index (χ4v) is 3.44. The Kier molecular flexibility index (Phi) is 5.11. The first-order valence-electron chi connectivity index (χ1n) is 9.08. The Morgan fingerprint density at radius 1 is 1.40 bits per heavy atom. The lowest BCUT2D eigenvalue weighted by Crippen LogP contribution is -2.32. The highest BCUT2D eigenvalue weighted by atomic mass is 16.5. The number of carbonyl (C=O) groups is 1. The zero-order valence-corrected chi connectivity index (χ0v) is 15.5. The van der Waals surface area contributed by atoms with Gasteiger partial charge in [-0.2, -0.15) is 5.10 Å². The molecular formula is C20H27N3O2. The van der Waals surface area contributed by atoms with Crippen molar-refractivity contribution in [3.8, 4) is 5.75 Å². The Morgan fingerprint density at radius 2 is 2.20 bits per heavy atom. The number of hydrogen-bond acceptors (Lipinski definition) is 3. The molecule has 1 N–H and O–H groups in total. The van der Waals surface area contributed by atoms with Gasteiger partial charge in [-0.1, -0.05) is 19.9 Å². The molecular weight excluding hydrogens is 314 g/mol. The smallest absolute Gasteiger partial charge is 0.270 e. The number of nitrogens with zero attached hydrogens (tertiary/aromatic N) is 2. The van der Waals surface area contributed by atoms with Crippen molar-refractivity contribution in [3.63, 3.8) is 0 Å². The van der Waals surface area contributed by atoms with Crippen LogP contribution in [0.1, 0.15) is 72.9 Å². The number of rotatable bonds is 5. The normalized spacial score (nSPS) is 16.6. The average Bonchev–Trinajstić information content (AvgIpc) is 3.06. The number of hydrogen-bond donors (Lipinski definition) is 1. The molecule has 1 atom stereocenters. The fraction of sp³-hybridized carbons (Fsp3) is 0.500. The largest absolute Gasteiger partial charge is 0.497 e. The molecule has 1 aliphatic rings. The van der Waals surface area contributed by atoms with Crippen molar-refractivity contribution in [2.45, 2.75) is 58.5 Å². The SMILES string of the molecule is CCn1nc(C(C)C)cc1C(=O)NC1CCCc2cc(OC)ccc21. The summed E-state index contributed by atoms with van der Waals surface area (Å²) >= 11 is 0. The van der Waals surface area contributed by atoms with Crippen LogP contribution in [-0.4, -0.2) is 22.8 Å². The Balaban J connectivity index is 1.83. The van der Waals surface area contributed by atoms with Gasteiger partial charge < -0.3 is 10.1 Å². The zero-order valence-electron chi connectivity index (χ0n) is 15.5. The molecule has 0 bridgehead atoms. The molecule has 2 aromatic rings. The zero-order chi connectivity index (χ0) is 18.0. The maximum absolute atomic E-state index is 12.9. The van der Waals surface area contributed by atoms with E-state index in [0.29, 0.717) is 18.2 Å². The number of fused-ring (bicyclic) bond motifs is 1. The van der Waals surface area contributed by atoms with Crippen LogP contribution in [0.3, 0.4) is 0 Å². The van der Waals surface area contributed by atoms with Gasteiger partial charge in [-0.3, -0.25) is 9.48 Å². The highest BCUT2D eigenvalue weighted by Gasteiger charge is 2.24. The fourth-order valence-electron chi connectivity index (χ4n) is 3.44. The first-order chi connectivity index (χ1) is 12.0. The van der Waals surface area contributed by atoms with E-state index in [-0.39, 0.29) is 11.9 Å². The summed E-state index contributed by atoms with van der Waals surface area (Å²) in [6.07, 6.45) is 3.06. The second kappa shape index (κ2) is 7.30. The molecule has 0 aliphatic heterocycles. The molecule has 3 rings (SSSR count). The van der Waals surface area contributed by atoms with Crippen LogP contribution >= 0.6 is 0 Å². The summed E-state index contributed by atoms with van der Waals surface area (Å²) in [6.45, 7) is 6.88. The van der Waals surface area contributed by atoms with Crippen molar-refractivity contribution in [2.75, 3.05) is 7.11 Å². The van der Waals surface area contributed by atoms with Crippen molar-refractivity contribution >= 4 is 5.91 Å². The van der Waals surface area contributed by atoms with Crippen LogP contribution in [0.5, 0.6) is 5.75 Å². The Bertz CT molecular complexity index is 764. The third-order valence-corrected chi connectivity index (χ3v) is 4.89. The van der Waals surface area contributed by atoms with E-state index in [0.717, 1.165) is 30.7 Å². The Labute approximate surface area is 149 Å². The van der Waals surface area contributed by atoms with Gasteiger partial charge in [0.2, 0.25) is 0 Å². The molecule has 5 heteroatoms. The van der Waals surface area contributed by atoms with Gasteiger partial charge in [-0.05, 0) is 61.4 Å². The van der Waals surface area contributed by atoms with Crippen molar-refractivity contribution in [1.82, 2.24) is 15.1 Å². The van der Waals surface area contributed by atoms with Crippen LogP contribution in [0.4, 0.5) is 0 Å². The summed E-state index contributed by atoms with van der Waals surface area (Å²) in [6, 6.07) is 8.10. The van der Waals surface area contributed by atoms with E-state index in [1.807, 2.05) is 19.1 Å². The molecule has 134 valence electrons. The maximum Gasteiger partial charge on any atom is 0.270 e. The lowest BCUT2D eigenvalue weighted by Gasteiger charge is -2.26. The maximum atomic E-state index is 12.9. The van der Waals surface area contributed by atoms with E-state index < -0.39 is 0 Å². The number of aryl methyl sites for hydroxylation is 2. The van der Waals surface area contributed by atoms with E-state index >= 15 is 0 Å². The van der Waals surface area contributed by atoms with Crippen LogP contribution in [0.25, 0.3) is 0 Å². The molecule has 1 heterocycles. The number of ether oxygens (including phenoxy) is 1. The third kappa shape index (κ3) is 3.55. The number of aromatic nitrogens is 2. The predicted octanol–water partition coefficient (Wildman–Crippen LogP) is 3.84. The summed E-state index contributed by atoms with van der Waals surface area (Å²) in [4.78, 5) is 12.9. The summed E-state index contributed by atoms with van der Waals surface area (Å²) < 4.78 is 7.12. The number of methoxy groups -OCH3 is 1. The summed E-state index contributed by atoms with van der Waals surface area (Å²) in [5.74, 6) is 1.13. The number of benzene rings is 1. The molecule has 0 saturated heterocycles.